The fourth-order valence-electron chi connectivity index (χ4n) is 0. The Morgan fingerprint density at radius 2 is 1.20 bits per heavy atom. The van der Waals surface area contributed by atoms with Crippen molar-refractivity contribution in [1.82, 2.24) is 0 Å². The fourth-order valence-corrected chi connectivity index (χ4v) is 0. The number of rotatable bonds is 0. The summed E-state index contributed by atoms with van der Waals surface area (Å²) >= 11 is 0. The van der Waals surface area contributed by atoms with Crippen molar-refractivity contribution >= 4 is 8.80 Å². The van der Waals surface area contributed by atoms with Crippen LogP contribution in [-0.4, -0.2) is 8.80 Å². The molecule has 0 aliphatic rings. The van der Waals surface area contributed by atoms with E-state index in [4.69, 9.17) is 0 Å². The molecular weight excluding hydrogens is 71.1 g/mol. The molecule has 0 saturated carbocycles. The standard InChI is InChI=1S/C3H10Si.Li.H/c1-4(2)3;;/h4H,1-3H3;;/q;+1;-1. The fraction of sp³-hybridized carbons (Fsp3) is 1.00. The Kier molecular flexibility index (Phi) is 8.92. The summed E-state index contributed by atoms with van der Waals surface area (Å²) in [5, 5.41) is 0. The molecule has 2 heteroatoms. The van der Waals surface area contributed by atoms with Crippen molar-refractivity contribution in [1.29, 1.82) is 0 Å². The number of hydrogen-bond donors (Lipinski definition) is 0. The zero-order valence-electron chi connectivity index (χ0n) is 5.58. The van der Waals surface area contributed by atoms with Crippen LogP contribution in [-0.2, 0) is 0 Å². The van der Waals surface area contributed by atoms with Crippen LogP contribution in [0.3, 0.4) is 0 Å². The zero-order valence-corrected chi connectivity index (χ0v) is 5.73. The summed E-state index contributed by atoms with van der Waals surface area (Å²) in [6.07, 6.45) is 0. The molecule has 0 aromatic rings. The van der Waals surface area contributed by atoms with Gasteiger partial charge in [-0.3, -0.25) is 0 Å². The van der Waals surface area contributed by atoms with Gasteiger partial charge >= 0.3 is 18.9 Å². The molecule has 0 rings (SSSR count). The van der Waals surface area contributed by atoms with E-state index in [1.807, 2.05) is 0 Å². The molecule has 0 bridgehead atoms. The minimum Gasteiger partial charge on any atom is -1.00 e. The maximum Gasteiger partial charge on any atom is 1.00 e. The van der Waals surface area contributed by atoms with Crippen molar-refractivity contribution < 1.29 is 20.3 Å². The van der Waals surface area contributed by atoms with E-state index in [1.165, 1.54) is 0 Å². The monoisotopic (exact) mass is 82.1 g/mol. The Morgan fingerprint density at radius 3 is 1.20 bits per heavy atom. The first-order chi connectivity index (χ1) is 1.73. The molecule has 0 N–H and O–H groups in total. The van der Waals surface area contributed by atoms with E-state index in [0.717, 1.165) is 0 Å². The van der Waals surface area contributed by atoms with Gasteiger partial charge in [0, 0.05) is 8.80 Å². The van der Waals surface area contributed by atoms with Crippen molar-refractivity contribution in [3.63, 3.8) is 0 Å². The predicted molar refractivity (Wildman–Crippen MR) is 25.9 cm³/mol. The van der Waals surface area contributed by atoms with Gasteiger partial charge in [-0.1, -0.05) is 19.6 Å². The summed E-state index contributed by atoms with van der Waals surface area (Å²) in [6.45, 7) is 6.92. The number of hydrogen-bond acceptors (Lipinski definition) is 0. The van der Waals surface area contributed by atoms with Crippen LogP contribution in [0.4, 0.5) is 0 Å². The van der Waals surface area contributed by atoms with Gasteiger partial charge < -0.3 is 1.43 Å². The minimum absolute atomic E-state index is 0. The second kappa shape index (κ2) is 4.81. The van der Waals surface area contributed by atoms with Crippen LogP contribution < -0.4 is 18.9 Å². The maximum atomic E-state index is 2.31. The summed E-state index contributed by atoms with van der Waals surface area (Å²) in [4.78, 5) is 0. The van der Waals surface area contributed by atoms with Gasteiger partial charge in [-0.25, -0.2) is 0 Å². The average Bonchev–Trinajstić information content (AvgIpc) is 0.811. The van der Waals surface area contributed by atoms with Crippen LogP contribution >= 0.6 is 0 Å². The molecule has 0 fully saturated rings. The normalized spacial score (nSPS) is 7.20. The van der Waals surface area contributed by atoms with Crippen molar-refractivity contribution in [2.24, 2.45) is 0 Å². The SMILES string of the molecule is C[SiH](C)C.[H-].[Li+]. The Labute approximate surface area is 49.2 Å². The van der Waals surface area contributed by atoms with Crippen molar-refractivity contribution in [2.45, 2.75) is 19.6 Å². The van der Waals surface area contributed by atoms with Gasteiger partial charge in [0.1, 0.15) is 0 Å². The zero-order chi connectivity index (χ0) is 3.58. The van der Waals surface area contributed by atoms with Gasteiger partial charge in [-0.15, -0.1) is 0 Å². The summed E-state index contributed by atoms with van der Waals surface area (Å²) in [6, 6.07) is 0. The molecule has 0 amide bonds. The minimum atomic E-state index is -0.139. The summed E-state index contributed by atoms with van der Waals surface area (Å²) in [7, 11) is -0.139. The summed E-state index contributed by atoms with van der Waals surface area (Å²) in [5.74, 6) is 0. The van der Waals surface area contributed by atoms with Crippen molar-refractivity contribution in [2.75, 3.05) is 0 Å². The van der Waals surface area contributed by atoms with Crippen LogP contribution in [0.15, 0.2) is 0 Å². The van der Waals surface area contributed by atoms with E-state index in [-0.39, 0.29) is 29.1 Å². The van der Waals surface area contributed by atoms with Gasteiger partial charge in [-0.05, 0) is 0 Å². The molecule has 0 heterocycles. The topological polar surface area (TPSA) is 0 Å². The third kappa shape index (κ3) is 57.5. The first-order valence-corrected chi connectivity index (χ1v) is 5.20. The molecule has 0 unspecified atom stereocenters. The maximum absolute atomic E-state index is 2.31. The van der Waals surface area contributed by atoms with Crippen LogP contribution in [0, 0.1) is 0 Å². The van der Waals surface area contributed by atoms with E-state index >= 15 is 0 Å². The third-order valence-electron chi connectivity index (χ3n) is 0. The van der Waals surface area contributed by atoms with Gasteiger partial charge in [0.2, 0.25) is 0 Å². The van der Waals surface area contributed by atoms with E-state index in [2.05, 4.69) is 19.6 Å². The second-order valence-electron chi connectivity index (χ2n) is 1.73. The van der Waals surface area contributed by atoms with Crippen molar-refractivity contribution in [3.8, 4) is 0 Å². The summed E-state index contributed by atoms with van der Waals surface area (Å²) in [5.41, 5.74) is 0. The van der Waals surface area contributed by atoms with Crippen LogP contribution in [0.5, 0.6) is 0 Å². The molecule has 0 aromatic carbocycles. The molecule has 0 radical (unpaired) electrons. The van der Waals surface area contributed by atoms with E-state index < -0.39 is 0 Å². The smallest absolute Gasteiger partial charge is 1.00 e. The molecule has 0 aromatic heterocycles. The Morgan fingerprint density at radius 1 is 1.20 bits per heavy atom. The predicted octanol–water partition coefficient (Wildman–Crippen LogP) is -1.78. The quantitative estimate of drug-likeness (QED) is 0.303. The molecule has 28 valence electrons. The molecule has 0 atom stereocenters. The van der Waals surface area contributed by atoms with Gasteiger partial charge in [0.15, 0.2) is 0 Å². The van der Waals surface area contributed by atoms with E-state index in [0.29, 0.717) is 0 Å². The van der Waals surface area contributed by atoms with Crippen molar-refractivity contribution in [3.05, 3.63) is 0 Å². The molecule has 0 saturated heterocycles. The average molecular weight is 82.1 g/mol. The Bertz CT molecular complexity index is 15.5. The van der Waals surface area contributed by atoms with E-state index in [9.17, 15) is 0 Å². The summed E-state index contributed by atoms with van der Waals surface area (Å²) < 4.78 is 0. The van der Waals surface area contributed by atoms with Gasteiger partial charge in [-0.2, -0.15) is 0 Å². The Hall–Kier alpha value is 0.814. The molecule has 0 aliphatic heterocycles. The second-order valence-corrected chi connectivity index (χ2v) is 5.20. The largest absolute Gasteiger partial charge is 1.00 e. The van der Waals surface area contributed by atoms with Crippen LogP contribution in [0.2, 0.25) is 19.6 Å². The van der Waals surface area contributed by atoms with Gasteiger partial charge in [0.25, 0.3) is 0 Å². The molecular formula is C3H11LiSi. The first-order valence-electron chi connectivity index (χ1n) is 1.73. The van der Waals surface area contributed by atoms with Gasteiger partial charge in [0.05, 0.1) is 0 Å². The van der Waals surface area contributed by atoms with Crippen LogP contribution in [0.1, 0.15) is 1.43 Å². The Balaban J connectivity index is -0.0000000450. The van der Waals surface area contributed by atoms with Crippen LogP contribution in [0.25, 0.3) is 0 Å². The molecule has 0 nitrogen and oxygen atoms in total. The molecule has 0 spiro atoms. The third-order valence-corrected chi connectivity index (χ3v) is 0. The first kappa shape index (κ1) is 9.26. The molecule has 0 aliphatic carbocycles. The molecule has 5 heavy (non-hydrogen) atoms. The van der Waals surface area contributed by atoms with E-state index in [1.54, 1.807) is 0 Å².